The Bertz CT molecular complexity index is 4310. The predicted octanol–water partition coefficient (Wildman–Crippen LogP) is 17.1. The van der Waals surface area contributed by atoms with Gasteiger partial charge in [0.1, 0.15) is 0 Å². The lowest BCUT2D eigenvalue weighted by Gasteiger charge is -2.12. The van der Waals surface area contributed by atoms with Gasteiger partial charge in [0.2, 0.25) is 0 Å². The van der Waals surface area contributed by atoms with E-state index in [1.54, 1.807) is 22.7 Å². The van der Waals surface area contributed by atoms with Crippen molar-refractivity contribution in [2.45, 2.75) is 0 Å². The van der Waals surface area contributed by atoms with E-state index in [0.29, 0.717) is 11.6 Å². The highest BCUT2D eigenvalue weighted by Crippen LogP contribution is 2.44. The maximum atomic E-state index is 5.35. The van der Waals surface area contributed by atoms with E-state index in [1.165, 1.54) is 25.7 Å². The van der Waals surface area contributed by atoms with Gasteiger partial charge in [-0.3, -0.25) is 0 Å². The Labute approximate surface area is 404 Å². The molecule has 0 aliphatic carbocycles. The largest absolute Gasteiger partial charge is 0.309 e. The molecule has 5 nitrogen and oxygen atoms in total. The third-order valence-electron chi connectivity index (χ3n) is 13.2. The lowest BCUT2D eigenvalue weighted by Crippen LogP contribution is -1.97. The van der Waals surface area contributed by atoms with Gasteiger partial charge < -0.3 is 4.57 Å². The zero-order chi connectivity index (χ0) is 45.4. The Kier molecular flexibility index (Phi) is 9.18. The molecule has 9 aromatic carbocycles. The van der Waals surface area contributed by atoms with Crippen molar-refractivity contribution in [3.8, 4) is 73.2 Å². The molecular weight excluding hydrogens is 879 g/mol. The average Bonchev–Trinajstić information content (AvgIpc) is 4.11. The highest BCUT2D eigenvalue weighted by atomic mass is 32.1. The van der Waals surface area contributed by atoms with Crippen LogP contribution in [0.1, 0.15) is 0 Å². The Morgan fingerprint density at radius 1 is 0.319 bits per heavy atom. The van der Waals surface area contributed by atoms with E-state index >= 15 is 0 Å². The van der Waals surface area contributed by atoms with Gasteiger partial charge in [-0.2, -0.15) is 0 Å². The van der Waals surface area contributed by atoms with Gasteiger partial charge >= 0.3 is 0 Å². The minimum absolute atomic E-state index is 0.697. The van der Waals surface area contributed by atoms with Crippen molar-refractivity contribution < 1.29 is 0 Å². The maximum Gasteiger partial charge on any atom is 0.160 e. The second-order valence-corrected chi connectivity index (χ2v) is 19.4. The number of nitrogens with zero attached hydrogens (tertiary/aromatic N) is 5. The minimum Gasteiger partial charge on any atom is -0.309 e. The van der Waals surface area contributed by atoms with Crippen LogP contribution in [0.2, 0.25) is 0 Å². The molecule has 0 amide bonds. The standard InChI is InChI=1S/C62H37N5S2/c1-4-17-38(18-5-1)41-33-34-50-49(37-41)54-46(42-23-14-24-43(35-42)61-63-55(39-19-6-2-7-20-39)59-57(65-61)47-27-10-12-31-52(47)68-59)29-16-30-51(54)67(50)45-26-15-25-44(36-45)62-64-56(40-21-8-3-9-22-40)60-58(66-62)48-28-11-13-32-53(48)69-60/h1-37H. The molecule has 0 aliphatic rings. The van der Waals surface area contributed by atoms with Gasteiger partial charge in [0, 0.05) is 58.9 Å². The molecule has 0 radical (unpaired) electrons. The molecular formula is C62H37N5S2. The van der Waals surface area contributed by atoms with Crippen LogP contribution >= 0.6 is 22.7 Å². The minimum atomic E-state index is 0.697. The molecule has 7 heteroatoms. The van der Waals surface area contributed by atoms with E-state index in [0.717, 1.165) is 98.3 Å². The van der Waals surface area contributed by atoms with E-state index in [1.807, 2.05) is 0 Å². The van der Waals surface area contributed by atoms with Gasteiger partial charge in [0.25, 0.3) is 0 Å². The number of benzene rings is 9. The SMILES string of the molecule is c1ccc(-c2ccc3c(c2)c2c(-c4cccc(-c5nc(-c6ccccc6)c6sc7ccccc7c6n5)c4)cccc2n3-c2cccc(-c3nc(-c4ccccc4)c4sc5ccccc5c4n3)c2)cc1. The van der Waals surface area contributed by atoms with Crippen LogP contribution in [0.25, 0.3) is 136 Å². The molecule has 0 saturated heterocycles. The number of aromatic nitrogens is 5. The van der Waals surface area contributed by atoms with Crippen LogP contribution < -0.4 is 0 Å². The van der Waals surface area contributed by atoms with Crippen molar-refractivity contribution in [1.82, 2.24) is 24.5 Å². The van der Waals surface area contributed by atoms with E-state index in [-0.39, 0.29) is 0 Å². The maximum absolute atomic E-state index is 5.35. The zero-order valence-electron chi connectivity index (χ0n) is 36.9. The van der Waals surface area contributed by atoms with Gasteiger partial charge in [-0.25, -0.2) is 19.9 Å². The molecule has 0 spiro atoms. The average molecular weight is 916 g/mol. The predicted molar refractivity (Wildman–Crippen MR) is 290 cm³/mol. The summed E-state index contributed by atoms with van der Waals surface area (Å²) in [6.07, 6.45) is 0. The summed E-state index contributed by atoms with van der Waals surface area (Å²) in [5, 5.41) is 4.63. The van der Waals surface area contributed by atoms with Gasteiger partial charge in [0.05, 0.1) is 42.9 Å². The molecule has 5 aromatic heterocycles. The molecule has 5 heterocycles. The number of hydrogen-bond acceptors (Lipinski definition) is 6. The molecule has 0 atom stereocenters. The summed E-state index contributed by atoms with van der Waals surface area (Å²) >= 11 is 3.51. The number of thiophene rings is 2. The van der Waals surface area contributed by atoms with Crippen molar-refractivity contribution in [3.63, 3.8) is 0 Å². The third-order valence-corrected chi connectivity index (χ3v) is 15.6. The molecule has 0 fully saturated rings. The first-order chi connectivity index (χ1) is 34.2. The fourth-order valence-corrected chi connectivity index (χ4v) is 12.3. The lowest BCUT2D eigenvalue weighted by atomic mass is 9.96. The molecule has 0 aliphatic heterocycles. The Morgan fingerprint density at radius 3 is 1.45 bits per heavy atom. The molecule has 0 N–H and O–H groups in total. The lowest BCUT2D eigenvalue weighted by molar-refractivity contribution is 1.17. The number of hydrogen-bond donors (Lipinski definition) is 0. The van der Waals surface area contributed by atoms with E-state index in [4.69, 9.17) is 19.9 Å². The molecule has 0 unspecified atom stereocenters. The van der Waals surface area contributed by atoms with Crippen LogP contribution in [-0.2, 0) is 0 Å². The summed E-state index contributed by atoms with van der Waals surface area (Å²) in [5.74, 6) is 1.40. The van der Waals surface area contributed by atoms with Crippen molar-refractivity contribution in [2.24, 2.45) is 0 Å². The summed E-state index contributed by atoms with van der Waals surface area (Å²) in [6.45, 7) is 0. The fourth-order valence-electron chi connectivity index (χ4n) is 10.0. The van der Waals surface area contributed by atoms with Crippen LogP contribution in [0.3, 0.4) is 0 Å². The van der Waals surface area contributed by atoms with Gasteiger partial charge in [-0.05, 0) is 70.8 Å². The molecule has 0 saturated carbocycles. The van der Waals surface area contributed by atoms with Crippen LogP contribution in [-0.4, -0.2) is 24.5 Å². The van der Waals surface area contributed by atoms with Gasteiger partial charge in [-0.15, -0.1) is 22.7 Å². The molecule has 322 valence electrons. The van der Waals surface area contributed by atoms with E-state index in [9.17, 15) is 0 Å². The third kappa shape index (κ3) is 6.58. The van der Waals surface area contributed by atoms with Crippen molar-refractivity contribution in [3.05, 3.63) is 224 Å². The highest BCUT2D eigenvalue weighted by molar-refractivity contribution is 7.26. The van der Waals surface area contributed by atoms with Gasteiger partial charge in [0.15, 0.2) is 11.6 Å². The molecule has 14 rings (SSSR count). The summed E-state index contributed by atoms with van der Waals surface area (Å²) < 4.78 is 7.00. The number of fused-ring (bicyclic) bond motifs is 9. The molecule has 14 aromatic rings. The van der Waals surface area contributed by atoms with Crippen LogP contribution in [0, 0.1) is 0 Å². The topological polar surface area (TPSA) is 56.5 Å². The van der Waals surface area contributed by atoms with Crippen molar-refractivity contribution in [1.29, 1.82) is 0 Å². The first-order valence-corrected chi connectivity index (χ1v) is 24.7. The van der Waals surface area contributed by atoms with Gasteiger partial charge in [-0.1, -0.05) is 176 Å². The van der Waals surface area contributed by atoms with Crippen LogP contribution in [0.15, 0.2) is 224 Å². The van der Waals surface area contributed by atoms with E-state index < -0.39 is 0 Å². The fraction of sp³-hybridized carbons (Fsp3) is 0. The summed E-state index contributed by atoms with van der Waals surface area (Å²) in [7, 11) is 0. The zero-order valence-corrected chi connectivity index (χ0v) is 38.5. The Hall–Kier alpha value is -8.62. The first kappa shape index (κ1) is 39.5. The smallest absolute Gasteiger partial charge is 0.160 e. The molecule has 69 heavy (non-hydrogen) atoms. The van der Waals surface area contributed by atoms with Crippen molar-refractivity contribution >= 4 is 85.1 Å². The monoisotopic (exact) mass is 915 g/mol. The van der Waals surface area contributed by atoms with Crippen LogP contribution in [0.5, 0.6) is 0 Å². The van der Waals surface area contributed by atoms with Crippen molar-refractivity contribution in [2.75, 3.05) is 0 Å². The Morgan fingerprint density at radius 2 is 0.826 bits per heavy atom. The number of rotatable bonds is 7. The molecule has 0 bridgehead atoms. The Balaban J connectivity index is 0.966. The summed E-state index contributed by atoms with van der Waals surface area (Å²) in [4.78, 5) is 21.3. The summed E-state index contributed by atoms with van der Waals surface area (Å²) in [5.41, 5.74) is 15.7. The summed E-state index contributed by atoms with van der Waals surface area (Å²) in [6, 6.07) is 79.7. The van der Waals surface area contributed by atoms with E-state index in [2.05, 4.69) is 229 Å². The quantitative estimate of drug-likeness (QED) is 0.160. The first-order valence-electron chi connectivity index (χ1n) is 23.0. The second-order valence-electron chi connectivity index (χ2n) is 17.3. The second kappa shape index (κ2) is 16.0. The highest BCUT2D eigenvalue weighted by Gasteiger charge is 2.22. The van der Waals surface area contributed by atoms with Crippen LogP contribution in [0.4, 0.5) is 0 Å². The normalized spacial score (nSPS) is 11.8.